The molecule has 0 spiro atoms. The molecule has 4 nitrogen and oxygen atoms in total. The maximum atomic E-state index is 10.3. The summed E-state index contributed by atoms with van der Waals surface area (Å²) in [6.45, 7) is 0. The minimum Gasteiger partial charge on any atom is -0.481 e. The van der Waals surface area contributed by atoms with Crippen molar-refractivity contribution in [3.63, 3.8) is 0 Å². The van der Waals surface area contributed by atoms with E-state index in [1.54, 1.807) is 30.3 Å². The summed E-state index contributed by atoms with van der Waals surface area (Å²) in [5.74, 6) is -1.02. The Labute approximate surface area is 75.2 Å². The molecule has 13 heavy (non-hydrogen) atoms. The van der Waals surface area contributed by atoms with E-state index in [4.69, 9.17) is 5.11 Å². The summed E-state index contributed by atoms with van der Waals surface area (Å²) in [6, 6.07) is 7.89. The van der Waals surface area contributed by atoms with E-state index in [0.29, 0.717) is 5.56 Å². The summed E-state index contributed by atoms with van der Waals surface area (Å²) in [5, 5.41) is 11.2. The lowest BCUT2D eigenvalue weighted by Gasteiger charge is -2.04. The highest BCUT2D eigenvalue weighted by Crippen LogP contribution is 2.19. The fourth-order valence-electron chi connectivity index (χ4n) is 1.06. The lowest BCUT2D eigenvalue weighted by Crippen LogP contribution is -2.03. The van der Waals surface area contributed by atoms with Crippen molar-refractivity contribution < 1.29 is 9.90 Å². The second kappa shape index (κ2) is 4.35. The zero-order chi connectivity index (χ0) is 9.68. The Balaban J connectivity index is 2.78. The highest BCUT2D eigenvalue weighted by atomic mass is 16.4. The largest absolute Gasteiger partial charge is 0.481 e. The molecule has 4 heteroatoms. The first-order chi connectivity index (χ1) is 6.24. The summed E-state index contributed by atoms with van der Waals surface area (Å²) in [6.07, 6.45) is -0.256. The number of benzene rings is 1. The van der Waals surface area contributed by atoms with Crippen LogP contribution in [0.5, 0.6) is 0 Å². The molecule has 1 aromatic carbocycles. The van der Waals surface area contributed by atoms with E-state index in [1.807, 2.05) is 0 Å². The van der Waals surface area contributed by atoms with Gasteiger partial charge in [0.25, 0.3) is 0 Å². The van der Waals surface area contributed by atoms with E-state index in [9.17, 15) is 9.70 Å². The molecule has 68 valence electrons. The quantitative estimate of drug-likeness (QED) is 0.718. The molecule has 0 heterocycles. The van der Waals surface area contributed by atoms with Gasteiger partial charge in [-0.05, 0) is 5.56 Å². The van der Waals surface area contributed by atoms with Crippen molar-refractivity contribution >= 4 is 5.97 Å². The number of rotatable bonds is 4. The Morgan fingerprint density at radius 2 is 2.00 bits per heavy atom. The van der Waals surface area contributed by atoms with Crippen LogP contribution in [0.1, 0.15) is 18.0 Å². The third-order valence-corrected chi connectivity index (χ3v) is 1.68. The van der Waals surface area contributed by atoms with Crippen LogP contribution in [-0.4, -0.2) is 11.1 Å². The second-order valence-corrected chi connectivity index (χ2v) is 2.63. The molecule has 1 aromatic rings. The van der Waals surface area contributed by atoms with Crippen molar-refractivity contribution in [3.05, 3.63) is 40.8 Å². The predicted molar refractivity (Wildman–Crippen MR) is 47.2 cm³/mol. The van der Waals surface area contributed by atoms with Gasteiger partial charge in [-0.2, -0.15) is 4.91 Å². The van der Waals surface area contributed by atoms with Crippen LogP contribution < -0.4 is 0 Å². The highest BCUT2D eigenvalue weighted by Gasteiger charge is 2.14. The van der Waals surface area contributed by atoms with Crippen LogP contribution >= 0.6 is 0 Å². The van der Waals surface area contributed by atoms with Crippen molar-refractivity contribution in [2.24, 2.45) is 5.18 Å². The van der Waals surface area contributed by atoms with Crippen molar-refractivity contribution in [2.75, 3.05) is 0 Å². The Hall–Kier alpha value is -1.71. The van der Waals surface area contributed by atoms with Crippen molar-refractivity contribution in [1.82, 2.24) is 0 Å². The van der Waals surface area contributed by atoms with Gasteiger partial charge >= 0.3 is 5.97 Å². The standard InChI is InChI=1S/C9H9NO3/c11-9(12)6-8(10-13)7-4-2-1-3-5-7/h1-5,8H,6H2,(H,11,12). The van der Waals surface area contributed by atoms with E-state index in [0.717, 1.165) is 0 Å². The van der Waals surface area contributed by atoms with Gasteiger partial charge in [-0.25, -0.2) is 0 Å². The zero-order valence-corrected chi connectivity index (χ0v) is 6.88. The summed E-state index contributed by atoms with van der Waals surface area (Å²) in [7, 11) is 0. The molecule has 0 aromatic heterocycles. The summed E-state index contributed by atoms with van der Waals surface area (Å²) >= 11 is 0. The van der Waals surface area contributed by atoms with Crippen molar-refractivity contribution in [2.45, 2.75) is 12.5 Å². The molecule has 1 unspecified atom stereocenters. The van der Waals surface area contributed by atoms with Gasteiger partial charge in [-0.3, -0.25) is 4.79 Å². The average Bonchev–Trinajstić information content (AvgIpc) is 2.15. The third kappa shape index (κ3) is 2.66. The predicted octanol–water partition coefficient (Wildman–Crippen LogP) is 1.97. The molecule has 1 atom stereocenters. The monoisotopic (exact) mass is 179 g/mol. The summed E-state index contributed by atoms with van der Waals surface area (Å²) in [5.41, 5.74) is 0.639. The van der Waals surface area contributed by atoms with Crippen LogP contribution in [-0.2, 0) is 4.79 Å². The normalized spacial score (nSPS) is 12.0. The van der Waals surface area contributed by atoms with Crippen LogP contribution in [0.2, 0.25) is 0 Å². The van der Waals surface area contributed by atoms with Crippen LogP contribution in [0.25, 0.3) is 0 Å². The van der Waals surface area contributed by atoms with Crippen molar-refractivity contribution in [1.29, 1.82) is 0 Å². The average molecular weight is 179 g/mol. The lowest BCUT2D eigenvalue weighted by molar-refractivity contribution is -0.137. The first-order valence-corrected chi connectivity index (χ1v) is 3.83. The second-order valence-electron chi connectivity index (χ2n) is 2.63. The number of nitroso groups, excluding NO2 is 1. The number of hydrogen-bond acceptors (Lipinski definition) is 3. The van der Waals surface area contributed by atoms with E-state index in [2.05, 4.69) is 5.18 Å². The molecular formula is C9H9NO3. The highest BCUT2D eigenvalue weighted by molar-refractivity contribution is 5.67. The van der Waals surface area contributed by atoms with Gasteiger partial charge < -0.3 is 5.11 Å². The number of aliphatic carboxylic acids is 1. The maximum absolute atomic E-state index is 10.3. The number of carboxylic acids is 1. The molecule has 0 amide bonds. The fourth-order valence-corrected chi connectivity index (χ4v) is 1.06. The summed E-state index contributed by atoms with van der Waals surface area (Å²) < 4.78 is 0. The number of hydrogen-bond donors (Lipinski definition) is 1. The number of carbonyl (C=O) groups is 1. The van der Waals surface area contributed by atoms with E-state index in [-0.39, 0.29) is 6.42 Å². The molecule has 0 bridgehead atoms. The molecule has 0 aliphatic carbocycles. The number of carboxylic acid groups (broad SMARTS) is 1. The van der Waals surface area contributed by atoms with Crippen LogP contribution in [0, 0.1) is 4.91 Å². The van der Waals surface area contributed by atoms with Crippen LogP contribution in [0.3, 0.4) is 0 Å². The molecule has 0 fully saturated rings. The van der Waals surface area contributed by atoms with Gasteiger partial charge in [-0.1, -0.05) is 35.5 Å². The molecule has 1 N–H and O–H groups in total. The van der Waals surface area contributed by atoms with Crippen LogP contribution in [0.4, 0.5) is 0 Å². The topological polar surface area (TPSA) is 66.7 Å². The molecule has 0 saturated carbocycles. The van der Waals surface area contributed by atoms with E-state index in [1.165, 1.54) is 0 Å². The zero-order valence-electron chi connectivity index (χ0n) is 6.88. The van der Waals surface area contributed by atoms with Crippen LogP contribution in [0.15, 0.2) is 35.5 Å². The lowest BCUT2D eigenvalue weighted by atomic mass is 10.1. The Morgan fingerprint density at radius 1 is 1.38 bits per heavy atom. The van der Waals surface area contributed by atoms with Gasteiger partial charge in [0, 0.05) is 0 Å². The Morgan fingerprint density at radius 3 is 2.46 bits per heavy atom. The van der Waals surface area contributed by atoms with E-state index < -0.39 is 12.0 Å². The number of nitrogens with zero attached hydrogens (tertiary/aromatic N) is 1. The smallest absolute Gasteiger partial charge is 0.306 e. The Kier molecular flexibility index (Phi) is 3.14. The third-order valence-electron chi connectivity index (χ3n) is 1.68. The van der Waals surface area contributed by atoms with Gasteiger partial charge in [0.15, 0.2) is 0 Å². The SMILES string of the molecule is O=NC(CC(=O)O)c1ccccc1. The van der Waals surface area contributed by atoms with Gasteiger partial charge in [0.05, 0.1) is 6.42 Å². The minimum absolute atomic E-state index is 0.256. The first kappa shape index (κ1) is 9.38. The Bertz CT molecular complexity index is 297. The maximum Gasteiger partial charge on any atom is 0.306 e. The van der Waals surface area contributed by atoms with E-state index >= 15 is 0 Å². The summed E-state index contributed by atoms with van der Waals surface area (Å²) in [4.78, 5) is 20.7. The molecule has 0 radical (unpaired) electrons. The van der Waals surface area contributed by atoms with Gasteiger partial charge in [0.1, 0.15) is 6.04 Å². The molecule has 0 aliphatic heterocycles. The fraction of sp³-hybridized carbons (Fsp3) is 0.222. The van der Waals surface area contributed by atoms with Crippen molar-refractivity contribution in [3.8, 4) is 0 Å². The van der Waals surface area contributed by atoms with Gasteiger partial charge in [0.2, 0.25) is 0 Å². The minimum atomic E-state index is -1.02. The molecular weight excluding hydrogens is 170 g/mol. The molecule has 0 saturated heterocycles. The first-order valence-electron chi connectivity index (χ1n) is 3.83. The molecule has 1 rings (SSSR count). The molecule has 0 aliphatic rings. The van der Waals surface area contributed by atoms with Gasteiger partial charge in [-0.15, -0.1) is 0 Å².